The summed E-state index contributed by atoms with van der Waals surface area (Å²) in [5, 5.41) is 3.45. The van der Waals surface area contributed by atoms with E-state index in [1.165, 1.54) is 0 Å². The second-order valence-corrected chi connectivity index (χ2v) is 4.05. The Balaban J connectivity index is 2.18. The molecule has 1 N–H and O–H groups in total. The van der Waals surface area contributed by atoms with Gasteiger partial charge in [-0.1, -0.05) is 0 Å². The van der Waals surface area contributed by atoms with Crippen LogP contribution in [-0.2, 0) is 14.2 Å². The first-order valence-electron chi connectivity index (χ1n) is 5.64. The van der Waals surface area contributed by atoms with E-state index in [0.717, 1.165) is 32.6 Å². The summed E-state index contributed by atoms with van der Waals surface area (Å²) in [5.74, 6) is 0.716. The van der Waals surface area contributed by atoms with E-state index in [0.29, 0.717) is 12.0 Å². The van der Waals surface area contributed by atoms with Crippen LogP contribution in [0.2, 0.25) is 0 Å². The summed E-state index contributed by atoms with van der Waals surface area (Å²) < 4.78 is 15.6. The van der Waals surface area contributed by atoms with Gasteiger partial charge in [-0.05, 0) is 25.7 Å². The Labute approximate surface area is 92.3 Å². The van der Waals surface area contributed by atoms with Crippen molar-refractivity contribution < 1.29 is 14.2 Å². The van der Waals surface area contributed by atoms with Crippen molar-refractivity contribution in [3.63, 3.8) is 0 Å². The maximum atomic E-state index is 5.34. The molecule has 0 amide bonds. The summed E-state index contributed by atoms with van der Waals surface area (Å²) in [6.45, 7) is 4.76. The summed E-state index contributed by atoms with van der Waals surface area (Å²) in [6.07, 6.45) is 2.16. The maximum Gasteiger partial charge on any atom is 0.169 e. The van der Waals surface area contributed by atoms with Gasteiger partial charge in [0.05, 0.1) is 0 Å². The monoisotopic (exact) mass is 217 g/mol. The Morgan fingerprint density at radius 3 is 2.40 bits per heavy atom. The largest absolute Gasteiger partial charge is 0.381 e. The summed E-state index contributed by atoms with van der Waals surface area (Å²) in [4.78, 5) is 0. The topological polar surface area (TPSA) is 39.7 Å². The van der Waals surface area contributed by atoms with Crippen LogP contribution in [0.4, 0.5) is 0 Å². The third-order valence-corrected chi connectivity index (χ3v) is 3.11. The zero-order valence-corrected chi connectivity index (χ0v) is 9.99. The molecular weight excluding hydrogens is 194 g/mol. The van der Waals surface area contributed by atoms with Crippen molar-refractivity contribution in [3.05, 3.63) is 0 Å². The van der Waals surface area contributed by atoms with Gasteiger partial charge in [-0.2, -0.15) is 0 Å². The van der Waals surface area contributed by atoms with Gasteiger partial charge in [-0.25, -0.2) is 0 Å². The van der Waals surface area contributed by atoms with Crippen LogP contribution in [0.1, 0.15) is 19.8 Å². The van der Waals surface area contributed by atoms with Gasteiger partial charge in [0.25, 0.3) is 0 Å². The van der Waals surface area contributed by atoms with Gasteiger partial charge in [0.2, 0.25) is 0 Å². The Kier molecular flexibility index (Phi) is 6.17. The zero-order chi connectivity index (χ0) is 11.1. The van der Waals surface area contributed by atoms with E-state index in [2.05, 4.69) is 12.2 Å². The van der Waals surface area contributed by atoms with Crippen LogP contribution in [0, 0.1) is 5.92 Å². The van der Waals surface area contributed by atoms with Crippen molar-refractivity contribution in [1.82, 2.24) is 5.32 Å². The SMILES string of the molecule is COC(CNC(C)C1CCOCC1)OC. The third-order valence-electron chi connectivity index (χ3n) is 3.11. The normalized spacial score (nSPS) is 20.8. The molecule has 4 heteroatoms. The predicted molar refractivity (Wildman–Crippen MR) is 58.8 cm³/mol. The van der Waals surface area contributed by atoms with Gasteiger partial charge in [-0.15, -0.1) is 0 Å². The molecule has 0 aromatic heterocycles. The van der Waals surface area contributed by atoms with E-state index < -0.39 is 0 Å². The molecule has 1 aliphatic rings. The fourth-order valence-corrected chi connectivity index (χ4v) is 1.93. The number of hydrogen-bond acceptors (Lipinski definition) is 4. The van der Waals surface area contributed by atoms with E-state index in [1.54, 1.807) is 14.2 Å². The molecule has 0 spiro atoms. The van der Waals surface area contributed by atoms with Gasteiger partial charge >= 0.3 is 0 Å². The molecule has 4 nitrogen and oxygen atoms in total. The number of methoxy groups -OCH3 is 2. The molecule has 0 radical (unpaired) electrons. The van der Waals surface area contributed by atoms with Crippen LogP contribution >= 0.6 is 0 Å². The highest BCUT2D eigenvalue weighted by molar-refractivity contribution is 4.75. The van der Waals surface area contributed by atoms with Crippen molar-refractivity contribution in [2.75, 3.05) is 34.0 Å². The minimum atomic E-state index is -0.146. The average Bonchev–Trinajstić information content (AvgIpc) is 2.31. The molecule has 1 rings (SSSR count). The predicted octanol–water partition coefficient (Wildman–Crippen LogP) is 1.01. The van der Waals surface area contributed by atoms with Gasteiger partial charge in [-0.3, -0.25) is 0 Å². The van der Waals surface area contributed by atoms with E-state index in [9.17, 15) is 0 Å². The number of hydrogen-bond donors (Lipinski definition) is 1. The quantitative estimate of drug-likeness (QED) is 0.674. The Hall–Kier alpha value is -0.160. The lowest BCUT2D eigenvalue weighted by Crippen LogP contribution is -2.41. The van der Waals surface area contributed by atoms with Crippen LogP contribution in [0.3, 0.4) is 0 Å². The van der Waals surface area contributed by atoms with Crippen LogP contribution < -0.4 is 5.32 Å². The highest BCUT2D eigenvalue weighted by atomic mass is 16.7. The molecule has 0 aromatic rings. The van der Waals surface area contributed by atoms with Crippen LogP contribution in [0.25, 0.3) is 0 Å². The van der Waals surface area contributed by atoms with Crippen molar-refractivity contribution in [3.8, 4) is 0 Å². The lowest BCUT2D eigenvalue weighted by molar-refractivity contribution is -0.101. The molecule has 0 aliphatic carbocycles. The van der Waals surface area contributed by atoms with E-state index in [1.807, 2.05) is 0 Å². The molecule has 0 aromatic carbocycles. The third kappa shape index (κ3) is 4.47. The molecular formula is C11H23NO3. The first kappa shape index (κ1) is 12.9. The first-order valence-corrected chi connectivity index (χ1v) is 5.64. The second kappa shape index (κ2) is 7.17. The van der Waals surface area contributed by atoms with Gasteiger partial charge in [0.15, 0.2) is 6.29 Å². The fraction of sp³-hybridized carbons (Fsp3) is 1.00. The number of rotatable bonds is 6. The second-order valence-electron chi connectivity index (χ2n) is 4.05. The molecule has 0 saturated carbocycles. The highest BCUT2D eigenvalue weighted by Crippen LogP contribution is 2.18. The van der Waals surface area contributed by atoms with E-state index in [4.69, 9.17) is 14.2 Å². The van der Waals surface area contributed by atoms with Gasteiger partial charge in [0.1, 0.15) is 0 Å². The Bertz CT molecular complexity index is 156. The van der Waals surface area contributed by atoms with E-state index >= 15 is 0 Å². The summed E-state index contributed by atoms with van der Waals surface area (Å²) in [7, 11) is 3.32. The number of nitrogens with one attached hydrogen (secondary N) is 1. The maximum absolute atomic E-state index is 5.34. The molecule has 1 atom stereocenters. The summed E-state index contributed by atoms with van der Waals surface area (Å²) in [6, 6.07) is 0.502. The van der Waals surface area contributed by atoms with Gasteiger partial charge < -0.3 is 19.5 Å². The molecule has 0 bridgehead atoms. The lowest BCUT2D eigenvalue weighted by atomic mass is 9.93. The Morgan fingerprint density at radius 1 is 1.27 bits per heavy atom. The lowest BCUT2D eigenvalue weighted by Gasteiger charge is -2.29. The molecule has 1 fully saturated rings. The van der Waals surface area contributed by atoms with Crippen molar-refractivity contribution in [2.45, 2.75) is 32.1 Å². The molecule has 15 heavy (non-hydrogen) atoms. The smallest absolute Gasteiger partial charge is 0.169 e. The molecule has 1 saturated heterocycles. The van der Waals surface area contributed by atoms with Gasteiger partial charge in [0, 0.05) is 40.0 Å². The zero-order valence-electron chi connectivity index (χ0n) is 9.99. The van der Waals surface area contributed by atoms with Crippen LogP contribution in [0.5, 0.6) is 0 Å². The summed E-state index contributed by atoms with van der Waals surface area (Å²) >= 11 is 0. The van der Waals surface area contributed by atoms with Crippen molar-refractivity contribution >= 4 is 0 Å². The number of ether oxygens (including phenoxy) is 3. The minimum absolute atomic E-state index is 0.146. The standard InChI is InChI=1S/C11H23NO3/c1-9(10-4-6-15-7-5-10)12-8-11(13-2)14-3/h9-12H,4-8H2,1-3H3. The highest BCUT2D eigenvalue weighted by Gasteiger charge is 2.20. The first-order chi connectivity index (χ1) is 7.27. The molecule has 1 unspecified atom stereocenters. The fourth-order valence-electron chi connectivity index (χ4n) is 1.93. The van der Waals surface area contributed by atoms with Crippen molar-refractivity contribution in [2.24, 2.45) is 5.92 Å². The average molecular weight is 217 g/mol. The minimum Gasteiger partial charge on any atom is -0.381 e. The van der Waals surface area contributed by atoms with Crippen LogP contribution in [0.15, 0.2) is 0 Å². The molecule has 90 valence electrons. The van der Waals surface area contributed by atoms with Crippen molar-refractivity contribution in [1.29, 1.82) is 0 Å². The Morgan fingerprint density at radius 2 is 1.87 bits per heavy atom. The molecule has 1 heterocycles. The van der Waals surface area contributed by atoms with E-state index in [-0.39, 0.29) is 6.29 Å². The summed E-state index contributed by atoms with van der Waals surface area (Å²) in [5.41, 5.74) is 0. The molecule has 1 aliphatic heterocycles. The van der Waals surface area contributed by atoms with Crippen LogP contribution in [-0.4, -0.2) is 46.3 Å².